The number of nitrogens with zero attached hydrogens (tertiary/aromatic N) is 1. The number of rotatable bonds is 3. The van der Waals surface area contributed by atoms with Crippen LogP contribution in [0.2, 0.25) is 0 Å². The SMILES string of the molecule is O=C(Nc1cc(Br)cs1)c1ccc(C(=O)O)nc1. The van der Waals surface area contributed by atoms with Crippen molar-refractivity contribution in [3.8, 4) is 0 Å². The molecule has 0 aliphatic heterocycles. The Kier molecular flexibility index (Phi) is 3.73. The zero-order valence-corrected chi connectivity index (χ0v) is 11.3. The van der Waals surface area contributed by atoms with Crippen molar-refractivity contribution in [1.82, 2.24) is 4.98 Å². The molecule has 2 rings (SSSR count). The highest BCUT2D eigenvalue weighted by Crippen LogP contribution is 2.24. The van der Waals surface area contributed by atoms with E-state index in [4.69, 9.17) is 5.11 Å². The van der Waals surface area contributed by atoms with Crippen LogP contribution in [0.25, 0.3) is 0 Å². The van der Waals surface area contributed by atoms with Crippen LogP contribution in [0.4, 0.5) is 5.00 Å². The summed E-state index contributed by atoms with van der Waals surface area (Å²) in [5.41, 5.74) is 0.218. The highest BCUT2D eigenvalue weighted by Gasteiger charge is 2.10. The normalized spacial score (nSPS) is 10.1. The molecule has 0 unspecified atom stereocenters. The largest absolute Gasteiger partial charge is 0.477 e. The number of halogens is 1. The molecule has 2 aromatic rings. The van der Waals surface area contributed by atoms with Gasteiger partial charge in [-0.05, 0) is 34.1 Å². The Balaban J connectivity index is 2.11. The lowest BCUT2D eigenvalue weighted by molar-refractivity contribution is 0.0690. The van der Waals surface area contributed by atoms with Gasteiger partial charge in [0.25, 0.3) is 5.91 Å². The van der Waals surface area contributed by atoms with Crippen LogP contribution in [0.15, 0.2) is 34.2 Å². The molecule has 0 atom stereocenters. The van der Waals surface area contributed by atoms with Crippen molar-refractivity contribution >= 4 is 44.1 Å². The van der Waals surface area contributed by atoms with E-state index in [9.17, 15) is 9.59 Å². The van der Waals surface area contributed by atoms with E-state index in [1.807, 2.05) is 5.38 Å². The number of carbonyl (C=O) groups excluding carboxylic acids is 1. The number of hydrogen-bond acceptors (Lipinski definition) is 4. The zero-order valence-electron chi connectivity index (χ0n) is 8.88. The summed E-state index contributed by atoms with van der Waals surface area (Å²) < 4.78 is 0.891. The van der Waals surface area contributed by atoms with Crippen molar-refractivity contribution < 1.29 is 14.7 Å². The minimum absolute atomic E-state index is 0.0922. The van der Waals surface area contributed by atoms with E-state index in [0.717, 1.165) is 4.47 Å². The van der Waals surface area contributed by atoms with Crippen LogP contribution in [0.3, 0.4) is 0 Å². The maximum absolute atomic E-state index is 11.8. The van der Waals surface area contributed by atoms with E-state index in [0.29, 0.717) is 10.6 Å². The summed E-state index contributed by atoms with van der Waals surface area (Å²) in [7, 11) is 0. The number of carbonyl (C=O) groups is 2. The van der Waals surface area contributed by atoms with Crippen LogP contribution >= 0.6 is 27.3 Å². The molecule has 0 fully saturated rings. The molecule has 2 N–H and O–H groups in total. The highest BCUT2D eigenvalue weighted by molar-refractivity contribution is 9.10. The van der Waals surface area contributed by atoms with E-state index in [1.54, 1.807) is 6.07 Å². The first-order chi connectivity index (χ1) is 8.56. The van der Waals surface area contributed by atoms with Gasteiger partial charge in [0.05, 0.1) is 10.6 Å². The molecule has 0 aliphatic carbocycles. The molecule has 0 radical (unpaired) electrons. The van der Waals surface area contributed by atoms with Crippen LogP contribution in [-0.2, 0) is 0 Å². The minimum atomic E-state index is -1.12. The van der Waals surface area contributed by atoms with Crippen molar-refractivity contribution in [2.45, 2.75) is 0 Å². The number of pyridine rings is 1. The molecule has 0 aromatic carbocycles. The van der Waals surface area contributed by atoms with Gasteiger partial charge in [-0.15, -0.1) is 11.3 Å². The highest BCUT2D eigenvalue weighted by atomic mass is 79.9. The van der Waals surface area contributed by atoms with Crippen LogP contribution in [0.5, 0.6) is 0 Å². The number of carboxylic acid groups (broad SMARTS) is 1. The predicted molar refractivity (Wildman–Crippen MR) is 71.2 cm³/mol. The third kappa shape index (κ3) is 2.93. The fourth-order valence-electron chi connectivity index (χ4n) is 1.22. The number of aromatic nitrogens is 1. The summed E-state index contributed by atoms with van der Waals surface area (Å²) in [5, 5.41) is 13.9. The van der Waals surface area contributed by atoms with Gasteiger partial charge in [0, 0.05) is 16.0 Å². The molecule has 2 heterocycles. The van der Waals surface area contributed by atoms with Crippen molar-refractivity contribution in [2.75, 3.05) is 5.32 Å². The van der Waals surface area contributed by atoms with Gasteiger partial charge in [0.2, 0.25) is 0 Å². The first kappa shape index (κ1) is 12.7. The van der Waals surface area contributed by atoms with Crippen LogP contribution < -0.4 is 5.32 Å². The third-order valence-corrected chi connectivity index (χ3v) is 3.66. The van der Waals surface area contributed by atoms with Crippen molar-refractivity contribution in [3.63, 3.8) is 0 Å². The number of aromatic carboxylic acids is 1. The fraction of sp³-hybridized carbons (Fsp3) is 0. The van der Waals surface area contributed by atoms with Crippen molar-refractivity contribution in [3.05, 3.63) is 45.5 Å². The zero-order chi connectivity index (χ0) is 13.1. The monoisotopic (exact) mass is 326 g/mol. The maximum Gasteiger partial charge on any atom is 0.354 e. The number of thiophene rings is 1. The molecule has 5 nitrogen and oxygen atoms in total. The van der Waals surface area contributed by atoms with Gasteiger partial charge in [-0.2, -0.15) is 0 Å². The molecule has 2 aromatic heterocycles. The first-order valence-corrected chi connectivity index (χ1v) is 6.48. The van der Waals surface area contributed by atoms with Crippen molar-refractivity contribution in [2.24, 2.45) is 0 Å². The second-order valence-corrected chi connectivity index (χ2v) is 5.15. The van der Waals surface area contributed by atoms with Gasteiger partial charge < -0.3 is 10.4 Å². The first-order valence-electron chi connectivity index (χ1n) is 4.81. The predicted octanol–water partition coefficient (Wildman–Crippen LogP) is 2.86. The molecular formula is C11H7BrN2O3S. The van der Waals surface area contributed by atoms with Gasteiger partial charge >= 0.3 is 5.97 Å². The topological polar surface area (TPSA) is 79.3 Å². The summed E-state index contributed by atoms with van der Waals surface area (Å²) >= 11 is 4.67. The van der Waals surface area contributed by atoms with Gasteiger partial charge in [-0.25, -0.2) is 9.78 Å². The summed E-state index contributed by atoms with van der Waals surface area (Å²) in [5.74, 6) is -1.45. The lowest BCUT2D eigenvalue weighted by Crippen LogP contribution is -2.12. The molecule has 92 valence electrons. The third-order valence-electron chi connectivity index (χ3n) is 2.05. The fourth-order valence-corrected chi connectivity index (χ4v) is 2.53. The molecule has 0 spiro atoms. The molecule has 0 aliphatic rings. The molecule has 7 heteroatoms. The number of carboxylic acids is 1. The second kappa shape index (κ2) is 5.28. The lowest BCUT2D eigenvalue weighted by atomic mass is 10.2. The van der Waals surface area contributed by atoms with E-state index in [2.05, 4.69) is 26.2 Å². The molecule has 0 bridgehead atoms. The summed E-state index contributed by atoms with van der Waals surface area (Å²) in [6.45, 7) is 0. The lowest BCUT2D eigenvalue weighted by Gasteiger charge is -2.02. The van der Waals surface area contributed by atoms with E-state index >= 15 is 0 Å². The Morgan fingerprint density at radius 1 is 1.39 bits per heavy atom. The summed E-state index contributed by atoms with van der Waals surface area (Å²) in [6.07, 6.45) is 1.24. The Morgan fingerprint density at radius 3 is 2.67 bits per heavy atom. The van der Waals surface area contributed by atoms with Gasteiger partial charge in [0.1, 0.15) is 5.69 Å². The number of amides is 1. The van der Waals surface area contributed by atoms with E-state index in [-0.39, 0.29) is 11.6 Å². The van der Waals surface area contributed by atoms with Crippen LogP contribution in [0.1, 0.15) is 20.8 Å². The van der Waals surface area contributed by atoms with Crippen LogP contribution in [0, 0.1) is 0 Å². The van der Waals surface area contributed by atoms with Crippen molar-refractivity contribution in [1.29, 1.82) is 0 Å². The Hall–Kier alpha value is -1.73. The Morgan fingerprint density at radius 2 is 2.17 bits per heavy atom. The van der Waals surface area contributed by atoms with Gasteiger partial charge in [-0.1, -0.05) is 0 Å². The minimum Gasteiger partial charge on any atom is -0.477 e. The number of nitrogens with one attached hydrogen (secondary N) is 1. The van der Waals surface area contributed by atoms with Crippen LogP contribution in [-0.4, -0.2) is 22.0 Å². The second-order valence-electron chi connectivity index (χ2n) is 3.32. The van der Waals surface area contributed by atoms with Gasteiger partial charge in [0.15, 0.2) is 0 Å². The summed E-state index contributed by atoms with van der Waals surface area (Å²) in [4.78, 5) is 26.1. The standard InChI is InChI=1S/C11H7BrN2O3S/c12-7-3-9(18-5-7)14-10(15)6-1-2-8(11(16)17)13-4-6/h1-5H,(H,14,15)(H,16,17). The molecule has 0 saturated carbocycles. The molecule has 0 saturated heterocycles. The Bertz CT molecular complexity index is 595. The van der Waals surface area contributed by atoms with Gasteiger partial charge in [-0.3, -0.25) is 4.79 Å². The van der Waals surface area contributed by atoms with E-state index in [1.165, 1.54) is 29.7 Å². The maximum atomic E-state index is 11.8. The molecule has 18 heavy (non-hydrogen) atoms. The molecule has 1 amide bonds. The van der Waals surface area contributed by atoms with E-state index < -0.39 is 5.97 Å². The quantitative estimate of drug-likeness (QED) is 0.908. The summed E-state index contributed by atoms with van der Waals surface area (Å²) in [6, 6.07) is 4.50. The number of hydrogen-bond donors (Lipinski definition) is 2. The Labute approximate surface area is 115 Å². The average molecular weight is 327 g/mol. The average Bonchev–Trinajstić information content (AvgIpc) is 2.75. The molecular weight excluding hydrogens is 320 g/mol. The smallest absolute Gasteiger partial charge is 0.354 e. The number of anilines is 1.